The maximum absolute atomic E-state index is 12.5. The van der Waals surface area contributed by atoms with E-state index < -0.39 is 30.8 Å². The number of alkyl halides is 4. The van der Waals surface area contributed by atoms with Crippen LogP contribution in [0.3, 0.4) is 0 Å². The van der Waals surface area contributed by atoms with Crippen molar-refractivity contribution in [2.75, 3.05) is 13.1 Å². The Labute approximate surface area is 90.6 Å². The van der Waals surface area contributed by atoms with Gasteiger partial charge in [0.05, 0.1) is 12.6 Å². The minimum Gasteiger partial charge on any atom is -0.348 e. The third-order valence-corrected chi connectivity index (χ3v) is 2.44. The molecule has 0 aliphatic carbocycles. The molecule has 0 aromatic carbocycles. The summed E-state index contributed by atoms with van der Waals surface area (Å²) >= 11 is 0. The first kappa shape index (κ1) is 13.2. The van der Waals surface area contributed by atoms with Crippen LogP contribution >= 0.6 is 0 Å². The van der Waals surface area contributed by atoms with Gasteiger partial charge in [-0.3, -0.25) is 4.79 Å². The highest BCUT2D eigenvalue weighted by Gasteiger charge is 2.41. The van der Waals surface area contributed by atoms with Gasteiger partial charge in [0.25, 0.3) is 0 Å². The number of nitrogens with one attached hydrogen (secondary N) is 2. The van der Waals surface area contributed by atoms with E-state index in [0.29, 0.717) is 13.0 Å². The van der Waals surface area contributed by atoms with E-state index in [2.05, 4.69) is 5.32 Å². The van der Waals surface area contributed by atoms with Gasteiger partial charge in [0, 0.05) is 0 Å². The number of hydrogen-bond donors (Lipinski definition) is 2. The molecule has 0 aromatic heterocycles. The zero-order valence-corrected chi connectivity index (χ0v) is 8.61. The Morgan fingerprint density at radius 2 is 2.12 bits per heavy atom. The van der Waals surface area contributed by atoms with Gasteiger partial charge in [-0.2, -0.15) is 8.78 Å². The van der Waals surface area contributed by atoms with E-state index in [9.17, 15) is 22.4 Å². The van der Waals surface area contributed by atoms with Crippen molar-refractivity contribution in [1.82, 2.24) is 10.6 Å². The first-order valence-corrected chi connectivity index (χ1v) is 5.10. The van der Waals surface area contributed by atoms with Gasteiger partial charge in [-0.1, -0.05) is 6.42 Å². The molecule has 0 spiro atoms. The number of hydrogen-bond acceptors (Lipinski definition) is 2. The molecule has 0 saturated carbocycles. The number of rotatable bonds is 4. The zero-order valence-electron chi connectivity index (χ0n) is 8.61. The second kappa shape index (κ2) is 5.47. The number of carbonyl (C=O) groups excluding carboxylic acids is 1. The molecule has 1 aliphatic rings. The van der Waals surface area contributed by atoms with Crippen LogP contribution in [0.15, 0.2) is 0 Å². The highest BCUT2D eigenvalue weighted by Crippen LogP contribution is 2.21. The van der Waals surface area contributed by atoms with Gasteiger partial charge in [0.2, 0.25) is 5.91 Å². The van der Waals surface area contributed by atoms with Crippen LogP contribution < -0.4 is 10.6 Å². The van der Waals surface area contributed by atoms with Crippen molar-refractivity contribution in [2.45, 2.75) is 37.7 Å². The quantitative estimate of drug-likeness (QED) is 0.726. The van der Waals surface area contributed by atoms with Crippen molar-refractivity contribution < 1.29 is 22.4 Å². The number of piperidine rings is 1. The largest absolute Gasteiger partial charge is 0.348 e. The minimum absolute atomic E-state index is 0.540. The molecule has 94 valence electrons. The third-order valence-electron chi connectivity index (χ3n) is 2.44. The Hall–Kier alpha value is -0.850. The Morgan fingerprint density at radius 3 is 2.62 bits per heavy atom. The van der Waals surface area contributed by atoms with Gasteiger partial charge in [0.15, 0.2) is 0 Å². The van der Waals surface area contributed by atoms with E-state index in [1.54, 1.807) is 0 Å². The summed E-state index contributed by atoms with van der Waals surface area (Å²) in [6.45, 7) is -0.676. The van der Waals surface area contributed by atoms with Crippen LogP contribution in [0.1, 0.15) is 19.3 Å². The molecule has 1 rings (SSSR count). The van der Waals surface area contributed by atoms with Crippen LogP contribution in [0.4, 0.5) is 17.6 Å². The molecule has 1 saturated heterocycles. The Balaban J connectivity index is 2.34. The molecule has 0 aromatic rings. The highest BCUT2D eigenvalue weighted by molar-refractivity contribution is 5.81. The minimum atomic E-state index is -4.16. The lowest BCUT2D eigenvalue weighted by Gasteiger charge is -2.23. The maximum atomic E-state index is 12.5. The zero-order chi connectivity index (χ0) is 12.2. The predicted molar refractivity (Wildman–Crippen MR) is 49.6 cm³/mol. The van der Waals surface area contributed by atoms with Gasteiger partial charge in [0.1, 0.15) is 0 Å². The fourth-order valence-electron chi connectivity index (χ4n) is 1.48. The van der Waals surface area contributed by atoms with Crippen LogP contribution in [0.2, 0.25) is 0 Å². The van der Waals surface area contributed by atoms with Crippen LogP contribution in [-0.2, 0) is 4.79 Å². The van der Waals surface area contributed by atoms with E-state index in [1.807, 2.05) is 5.32 Å². The van der Waals surface area contributed by atoms with E-state index in [-0.39, 0.29) is 0 Å². The summed E-state index contributed by atoms with van der Waals surface area (Å²) in [5.74, 6) is -4.80. The summed E-state index contributed by atoms with van der Waals surface area (Å²) in [5.41, 5.74) is 0. The van der Waals surface area contributed by atoms with Gasteiger partial charge in [-0.05, 0) is 19.4 Å². The maximum Gasteiger partial charge on any atom is 0.324 e. The third kappa shape index (κ3) is 3.62. The second-order valence-corrected chi connectivity index (χ2v) is 3.78. The highest BCUT2D eigenvalue weighted by atomic mass is 19.3. The van der Waals surface area contributed by atoms with Crippen LogP contribution in [0, 0.1) is 0 Å². The van der Waals surface area contributed by atoms with Crippen molar-refractivity contribution in [3.8, 4) is 0 Å². The Bertz CT molecular complexity index is 242. The standard InChI is InChI=1S/C9H14F4N2O/c10-8(11)9(12,13)5-15-7(16)6-3-1-2-4-14-6/h6,8,14H,1-5H2,(H,15,16). The summed E-state index contributed by atoms with van der Waals surface area (Å²) in [6, 6.07) is -0.540. The number of halogens is 4. The molecule has 1 aliphatic heterocycles. The van der Waals surface area contributed by atoms with Crippen molar-refractivity contribution in [1.29, 1.82) is 0 Å². The summed E-state index contributed by atoms with van der Waals surface area (Å²) in [7, 11) is 0. The summed E-state index contributed by atoms with van der Waals surface area (Å²) in [6.07, 6.45) is -1.45. The molecule has 1 fully saturated rings. The SMILES string of the molecule is O=C(NCC(F)(F)C(F)F)C1CCCCN1. The van der Waals surface area contributed by atoms with E-state index >= 15 is 0 Å². The van der Waals surface area contributed by atoms with Crippen LogP contribution in [-0.4, -0.2) is 37.4 Å². The first-order chi connectivity index (χ1) is 7.43. The van der Waals surface area contributed by atoms with E-state index in [0.717, 1.165) is 12.8 Å². The van der Waals surface area contributed by atoms with Gasteiger partial charge >= 0.3 is 12.3 Å². The first-order valence-electron chi connectivity index (χ1n) is 5.10. The lowest BCUT2D eigenvalue weighted by Crippen LogP contribution is -2.50. The molecule has 3 nitrogen and oxygen atoms in total. The van der Waals surface area contributed by atoms with E-state index in [4.69, 9.17) is 0 Å². The molecule has 1 unspecified atom stereocenters. The topological polar surface area (TPSA) is 41.1 Å². The van der Waals surface area contributed by atoms with Crippen LogP contribution in [0.25, 0.3) is 0 Å². The molecule has 1 atom stereocenters. The number of amides is 1. The molecule has 0 bridgehead atoms. The monoisotopic (exact) mass is 242 g/mol. The fourth-order valence-corrected chi connectivity index (χ4v) is 1.48. The second-order valence-electron chi connectivity index (χ2n) is 3.78. The number of carbonyl (C=O) groups is 1. The average molecular weight is 242 g/mol. The molecule has 16 heavy (non-hydrogen) atoms. The van der Waals surface area contributed by atoms with Crippen LogP contribution in [0.5, 0.6) is 0 Å². The summed E-state index contributed by atoms with van der Waals surface area (Å²) in [4.78, 5) is 11.3. The summed E-state index contributed by atoms with van der Waals surface area (Å²) in [5, 5.41) is 4.68. The van der Waals surface area contributed by atoms with Gasteiger partial charge < -0.3 is 10.6 Å². The molecule has 1 heterocycles. The summed E-state index contributed by atoms with van der Waals surface area (Å²) < 4.78 is 48.6. The molecular weight excluding hydrogens is 228 g/mol. The fraction of sp³-hybridized carbons (Fsp3) is 0.889. The van der Waals surface area contributed by atoms with Crippen molar-refractivity contribution in [3.05, 3.63) is 0 Å². The van der Waals surface area contributed by atoms with Gasteiger partial charge in [-0.25, -0.2) is 8.78 Å². The molecule has 0 radical (unpaired) electrons. The van der Waals surface area contributed by atoms with Gasteiger partial charge in [-0.15, -0.1) is 0 Å². The van der Waals surface area contributed by atoms with Crippen molar-refractivity contribution in [3.63, 3.8) is 0 Å². The molecule has 2 N–H and O–H groups in total. The molecule has 7 heteroatoms. The average Bonchev–Trinajstić information content (AvgIpc) is 2.27. The van der Waals surface area contributed by atoms with Crippen molar-refractivity contribution in [2.24, 2.45) is 0 Å². The smallest absolute Gasteiger partial charge is 0.324 e. The lowest BCUT2D eigenvalue weighted by molar-refractivity contribution is -0.137. The predicted octanol–water partition coefficient (Wildman–Crippen LogP) is 1.15. The Kier molecular flexibility index (Phi) is 4.52. The lowest BCUT2D eigenvalue weighted by atomic mass is 10.0. The normalized spacial score (nSPS) is 22.2. The molecular formula is C9H14F4N2O. The van der Waals surface area contributed by atoms with Crippen molar-refractivity contribution >= 4 is 5.91 Å². The Morgan fingerprint density at radius 1 is 1.44 bits per heavy atom. The van der Waals surface area contributed by atoms with E-state index in [1.165, 1.54) is 0 Å². The molecule has 1 amide bonds.